The highest BCUT2D eigenvalue weighted by Crippen LogP contribution is 2.33. The number of amides is 2. The van der Waals surface area contributed by atoms with Gasteiger partial charge in [-0.3, -0.25) is 9.59 Å². The number of aromatic carboxylic acids is 1. The third-order valence-corrected chi connectivity index (χ3v) is 4.26. The number of carboxylic acids is 1. The van der Waals surface area contributed by atoms with Crippen molar-refractivity contribution in [3.05, 3.63) is 42.1 Å². The molecule has 1 aromatic heterocycles. The molecule has 29 heavy (non-hydrogen) atoms. The highest BCUT2D eigenvalue weighted by Gasteiger charge is 2.27. The maximum absolute atomic E-state index is 11.8. The van der Waals surface area contributed by atoms with Crippen molar-refractivity contribution < 1.29 is 34.1 Å². The molecule has 1 aromatic carbocycles. The van der Waals surface area contributed by atoms with Gasteiger partial charge in [0.15, 0.2) is 11.7 Å². The van der Waals surface area contributed by atoms with E-state index < -0.39 is 30.2 Å². The lowest BCUT2D eigenvalue weighted by atomic mass is 10.1. The van der Waals surface area contributed by atoms with Crippen LogP contribution in [-0.2, 0) is 25.7 Å². The first-order valence-electron chi connectivity index (χ1n) is 8.61. The summed E-state index contributed by atoms with van der Waals surface area (Å²) < 4.78 is 6.30. The van der Waals surface area contributed by atoms with Crippen LogP contribution >= 0.6 is 0 Å². The molecule has 0 saturated carbocycles. The number of amidine groups is 1. The summed E-state index contributed by atoms with van der Waals surface area (Å²) in [5, 5.41) is 23.0. The predicted octanol–water partition coefficient (Wildman–Crippen LogP) is 0.957. The van der Waals surface area contributed by atoms with Gasteiger partial charge in [0, 0.05) is 23.4 Å². The van der Waals surface area contributed by atoms with E-state index in [4.69, 9.17) is 4.74 Å². The number of rotatable bonds is 7. The van der Waals surface area contributed by atoms with Crippen molar-refractivity contribution in [2.45, 2.75) is 19.4 Å². The van der Waals surface area contributed by atoms with Crippen LogP contribution in [0.4, 0.5) is 0 Å². The molecule has 150 valence electrons. The van der Waals surface area contributed by atoms with Crippen molar-refractivity contribution >= 4 is 40.4 Å². The Morgan fingerprint density at radius 3 is 2.72 bits per heavy atom. The van der Waals surface area contributed by atoms with E-state index in [1.54, 1.807) is 0 Å². The van der Waals surface area contributed by atoms with E-state index in [2.05, 4.69) is 16.9 Å². The summed E-state index contributed by atoms with van der Waals surface area (Å²) in [5.74, 6) is -3.26. The first-order chi connectivity index (χ1) is 13.8. The second-order valence-corrected chi connectivity index (χ2v) is 6.19. The summed E-state index contributed by atoms with van der Waals surface area (Å²) in [5.41, 5.74) is 0.155. The van der Waals surface area contributed by atoms with Crippen LogP contribution in [0.15, 0.2) is 35.8 Å². The van der Waals surface area contributed by atoms with Gasteiger partial charge in [-0.15, -0.1) is 0 Å². The van der Waals surface area contributed by atoms with Gasteiger partial charge in [0.1, 0.15) is 6.42 Å². The zero-order valence-electron chi connectivity index (χ0n) is 15.2. The Bertz CT molecular complexity index is 1080. The van der Waals surface area contributed by atoms with Gasteiger partial charge in [0.25, 0.3) is 5.91 Å². The number of hydrogen-bond donors (Lipinski definition) is 3. The number of carbonyl (C=O) groups excluding carboxylic acids is 3. The van der Waals surface area contributed by atoms with Crippen LogP contribution in [0.5, 0.6) is 5.88 Å². The fourth-order valence-corrected chi connectivity index (χ4v) is 3.01. The van der Waals surface area contributed by atoms with E-state index >= 15 is 0 Å². The Morgan fingerprint density at radius 1 is 1.31 bits per heavy atom. The first-order valence-corrected chi connectivity index (χ1v) is 8.61. The molecule has 0 saturated heterocycles. The van der Waals surface area contributed by atoms with Crippen molar-refractivity contribution in [2.24, 2.45) is 4.99 Å². The molecule has 3 N–H and O–H groups in total. The number of esters is 1. The van der Waals surface area contributed by atoms with E-state index in [0.717, 1.165) is 6.08 Å². The molecular formula is C19H17N3O7. The average Bonchev–Trinajstić information content (AvgIpc) is 2.95. The summed E-state index contributed by atoms with van der Waals surface area (Å²) >= 11 is 0. The minimum atomic E-state index is -1.17. The fraction of sp³-hybridized carbons (Fsp3) is 0.211. The Labute approximate surface area is 164 Å². The van der Waals surface area contributed by atoms with E-state index in [1.807, 2.05) is 0 Å². The van der Waals surface area contributed by atoms with E-state index in [0.29, 0.717) is 17.2 Å². The maximum Gasteiger partial charge on any atom is 0.335 e. The Balaban J connectivity index is 2.08. The van der Waals surface area contributed by atoms with Crippen LogP contribution in [0.2, 0.25) is 0 Å². The van der Waals surface area contributed by atoms with Crippen molar-refractivity contribution in [1.29, 1.82) is 0 Å². The third-order valence-electron chi connectivity index (χ3n) is 4.26. The smallest absolute Gasteiger partial charge is 0.335 e. The lowest BCUT2D eigenvalue weighted by Gasteiger charge is -2.16. The molecule has 0 fully saturated rings. The van der Waals surface area contributed by atoms with Crippen molar-refractivity contribution in [3.63, 3.8) is 0 Å². The van der Waals surface area contributed by atoms with Gasteiger partial charge in [0.2, 0.25) is 5.91 Å². The first kappa shape index (κ1) is 19.8. The molecule has 2 heterocycles. The van der Waals surface area contributed by atoms with Crippen LogP contribution in [-0.4, -0.2) is 51.0 Å². The summed E-state index contributed by atoms with van der Waals surface area (Å²) in [6, 6.07) is 4.09. The van der Waals surface area contributed by atoms with Gasteiger partial charge in [-0.2, -0.15) is 4.99 Å². The maximum atomic E-state index is 11.8. The molecule has 0 atom stereocenters. The number of aromatic hydroxyl groups is 1. The molecule has 0 aliphatic carbocycles. The summed E-state index contributed by atoms with van der Waals surface area (Å²) in [4.78, 5) is 49.9. The van der Waals surface area contributed by atoms with E-state index in [-0.39, 0.29) is 36.1 Å². The molecule has 0 spiro atoms. The molecule has 1 aliphatic heterocycles. The highest BCUT2D eigenvalue weighted by atomic mass is 16.5. The molecule has 3 rings (SSSR count). The van der Waals surface area contributed by atoms with Crippen molar-refractivity contribution in [1.82, 2.24) is 9.88 Å². The number of aliphatic imine (C=N–C) groups is 1. The van der Waals surface area contributed by atoms with Crippen LogP contribution in [0, 0.1) is 0 Å². The monoisotopic (exact) mass is 399 g/mol. The molecule has 2 aromatic rings. The third kappa shape index (κ3) is 4.00. The SMILES string of the molecule is C=CC(=O)OCCCn1c(O)c2ccc(C(=O)O)cc2c1C1=NC(=O)CC(=O)N1. The van der Waals surface area contributed by atoms with Crippen LogP contribution in [0.3, 0.4) is 0 Å². The Hall–Kier alpha value is -3.95. The highest BCUT2D eigenvalue weighted by molar-refractivity contribution is 6.23. The molecule has 10 nitrogen and oxygen atoms in total. The topological polar surface area (TPSA) is 147 Å². The standard InChI is InChI=1S/C19H17N3O7/c1-2-15(25)29-7-3-6-22-16(17-20-13(23)9-14(24)21-17)12-8-10(19(27)28)4-5-11(12)18(22)26/h2,4-5,8,26H,1,3,6-7,9H2,(H,27,28)(H,20,21,23,24). The lowest BCUT2D eigenvalue weighted by Crippen LogP contribution is -2.38. The van der Waals surface area contributed by atoms with Crippen molar-refractivity contribution in [3.8, 4) is 5.88 Å². The number of nitrogens with zero attached hydrogens (tertiary/aromatic N) is 2. The molecular weight excluding hydrogens is 382 g/mol. The number of nitrogens with one attached hydrogen (secondary N) is 1. The number of hydrogen-bond acceptors (Lipinski definition) is 6. The van der Waals surface area contributed by atoms with Gasteiger partial charge in [-0.05, 0) is 24.6 Å². The predicted molar refractivity (Wildman–Crippen MR) is 101 cm³/mol. The number of carbonyl (C=O) groups is 4. The molecule has 10 heteroatoms. The minimum Gasteiger partial charge on any atom is -0.494 e. The number of ether oxygens (including phenoxy) is 1. The summed E-state index contributed by atoms with van der Waals surface area (Å²) in [6.45, 7) is 3.48. The molecule has 0 radical (unpaired) electrons. The van der Waals surface area contributed by atoms with E-state index in [9.17, 15) is 29.4 Å². The average molecular weight is 399 g/mol. The number of benzene rings is 1. The van der Waals surface area contributed by atoms with Crippen LogP contribution < -0.4 is 5.32 Å². The molecule has 0 unspecified atom stereocenters. The van der Waals surface area contributed by atoms with Gasteiger partial charge >= 0.3 is 11.9 Å². The van der Waals surface area contributed by atoms with Gasteiger partial charge in [-0.1, -0.05) is 6.58 Å². The normalized spacial score (nSPS) is 13.7. The van der Waals surface area contributed by atoms with Crippen molar-refractivity contribution in [2.75, 3.05) is 6.61 Å². The zero-order valence-corrected chi connectivity index (χ0v) is 15.2. The molecule has 1 aliphatic rings. The van der Waals surface area contributed by atoms with E-state index in [1.165, 1.54) is 22.8 Å². The largest absolute Gasteiger partial charge is 0.494 e. The van der Waals surface area contributed by atoms with Crippen LogP contribution in [0.25, 0.3) is 10.8 Å². The Kier molecular flexibility index (Phi) is 5.44. The Morgan fingerprint density at radius 2 is 2.07 bits per heavy atom. The lowest BCUT2D eigenvalue weighted by molar-refractivity contribution is -0.138. The molecule has 0 bridgehead atoms. The number of fused-ring (bicyclic) bond motifs is 1. The second kappa shape index (κ2) is 7.97. The molecule has 2 amide bonds. The van der Waals surface area contributed by atoms with Crippen LogP contribution in [0.1, 0.15) is 28.9 Å². The minimum absolute atomic E-state index is 0.0372. The summed E-state index contributed by atoms with van der Waals surface area (Å²) in [7, 11) is 0. The summed E-state index contributed by atoms with van der Waals surface area (Å²) in [6.07, 6.45) is 0.923. The zero-order chi connectivity index (χ0) is 21.1. The van der Waals surface area contributed by atoms with Gasteiger partial charge in [0.05, 0.1) is 17.9 Å². The van der Waals surface area contributed by atoms with Gasteiger partial charge in [-0.25, -0.2) is 9.59 Å². The second-order valence-electron chi connectivity index (χ2n) is 6.19. The number of aromatic nitrogens is 1. The van der Waals surface area contributed by atoms with Gasteiger partial charge < -0.3 is 24.8 Å². The quantitative estimate of drug-likeness (QED) is 0.272. The fourth-order valence-electron chi connectivity index (χ4n) is 3.01. The number of carboxylic acid groups (broad SMARTS) is 1.